The average molecular weight is 352 g/mol. The van der Waals surface area contributed by atoms with Crippen molar-refractivity contribution in [3.8, 4) is 5.75 Å². The fraction of sp³-hybridized carbons (Fsp3) is 0.450. The second-order valence-electron chi connectivity index (χ2n) is 6.88. The van der Waals surface area contributed by atoms with Gasteiger partial charge in [-0.2, -0.15) is 0 Å². The van der Waals surface area contributed by atoms with E-state index in [0.29, 0.717) is 25.4 Å². The molecule has 1 saturated heterocycles. The molecule has 2 aromatic rings. The van der Waals surface area contributed by atoms with Crippen molar-refractivity contribution < 1.29 is 9.53 Å². The summed E-state index contributed by atoms with van der Waals surface area (Å²) in [6.45, 7) is 4.71. The summed E-state index contributed by atoms with van der Waals surface area (Å²) < 4.78 is 5.92. The third kappa shape index (κ3) is 3.49. The summed E-state index contributed by atoms with van der Waals surface area (Å²) in [5, 5.41) is 3.37. The molecule has 1 amide bonds. The summed E-state index contributed by atoms with van der Waals surface area (Å²) in [5.74, 6) is 2.66. The molecule has 3 heterocycles. The van der Waals surface area contributed by atoms with Crippen LogP contribution >= 0.6 is 0 Å². The van der Waals surface area contributed by atoms with Crippen molar-refractivity contribution in [3.05, 3.63) is 46.9 Å². The summed E-state index contributed by atoms with van der Waals surface area (Å²) in [4.78, 5) is 23.4. The van der Waals surface area contributed by atoms with Gasteiger partial charge >= 0.3 is 0 Å². The molecule has 2 aliphatic heterocycles. The highest BCUT2D eigenvalue weighted by Crippen LogP contribution is 2.30. The molecule has 0 spiro atoms. The molecule has 0 saturated carbocycles. The number of hydrogen-bond acceptors (Lipinski definition) is 5. The predicted molar refractivity (Wildman–Crippen MR) is 99.3 cm³/mol. The molecule has 6 heteroatoms. The first-order chi connectivity index (χ1) is 12.7. The molecule has 0 radical (unpaired) electrons. The second-order valence-corrected chi connectivity index (χ2v) is 6.88. The van der Waals surface area contributed by atoms with Crippen LogP contribution in [-0.2, 0) is 17.8 Å². The van der Waals surface area contributed by atoms with Crippen molar-refractivity contribution in [2.24, 2.45) is 0 Å². The van der Waals surface area contributed by atoms with Crippen LogP contribution in [0, 0.1) is 6.92 Å². The number of aryl methyl sites for hydroxylation is 1. The smallest absolute Gasteiger partial charge is 0.224 e. The first-order valence-corrected chi connectivity index (χ1v) is 9.29. The Morgan fingerprint density at radius 3 is 2.88 bits per heavy atom. The van der Waals surface area contributed by atoms with Gasteiger partial charge in [0.25, 0.3) is 0 Å². The molecule has 0 bridgehead atoms. The second kappa shape index (κ2) is 7.32. The molecule has 136 valence electrons. The number of aromatic nitrogens is 2. The summed E-state index contributed by atoms with van der Waals surface area (Å²) in [5.41, 5.74) is 3.12. The van der Waals surface area contributed by atoms with Gasteiger partial charge in [-0.15, -0.1) is 0 Å². The Hall–Kier alpha value is -2.63. The van der Waals surface area contributed by atoms with E-state index in [1.54, 1.807) is 0 Å². The van der Waals surface area contributed by atoms with Crippen LogP contribution in [0.2, 0.25) is 0 Å². The quantitative estimate of drug-likeness (QED) is 0.916. The molecular weight excluding hydrogens is 328 g/mol. The number of benzene rings is 1. The Morgan fingerprint density at radius 2 is 2.04 bits per heavy atom. The van der Waals surface area contributed by atoms with E-state index >= 15 is 0 Å². The molecule has 0 unspecified atom stereocenters. The molecule has 6 nitrogen and oxygen atoms in total. The maximum atomic E-state index is 12.2. The number of rotatable bonds is 4. The van der Waals surface area contributed by atoms with E-state index in [2.05, 4.69) is 21.4 Å². The number of anilines is 1. The van der Waals surface area contributed by atoms with Gasteiger partial charge in [-0.3, -0.25) is 4.79 Å². The zero-order valence-electron chi connectivity index (χ0n) is 15.1. The number of para-hydroxylation sites is 1. The van der Waals surface area contributed by atoms with Crippen molar-refractivity contribution in [1.29, 1.82) is 0 Å². The lowest BCUT2D eigenvalue weighted by molar-refractivity contribution is -0.129. The van der Waals surface area contributed by atoms with E-state index in [9.17, 15) is 4.79 Å². The van der Waals surface area contributed by atoms with Crippen molar-refractivity contribution in [2.75, 3.05) is 25.0 Å². The first-order valence-electron chi connectivity index (χ1n) is 9.29. The molecule has 26 heavy (non-hydrogen) atoms. The number of amides is 1. The fourth-order valence-corrected chi connectivity index (χ4v) is 3.64. The van der Waals surface area contributed by atoms with Crippen LogP contribution in [0.4, 0.5) is 5.82 Å². The Labute approximate surface area is 153 Å². The maximum Gasteiger partial charge on any atom is 0.224 e. The Morgan fingerprint density at radius 1 is 1.23 bits per heavy atom. The Bertz CT molecular complexity index is 815. The maximum absolute atomic E-state index is 12.2. The Balaban J connectivity index is 1.50. The van der Waals surface area contributed by atoms with Crippen LogP contribution in [0.25, 0.3) is 0 Å². The average Bonchev–Trinajstić information content (AvgIpc) is 3.11. The Kier molecular flexibility index (Phi) is 4.73. The summed E-state index contributed by atoms with van der Waals surface area (Å²) >= 11 is 0. The molecule has 0 atom stereocenters. The zero-order valence-corrected chi connectivity index (χ0v) is 15.1. The van der Waals surface area contributed by atoms with Crippen LogP contribution in [0.3, 0.4) is 0 Å². The number of carbonyl (C=O) groups excluding carboxylic acids is 1. The van der Waals surface area contributed by atoms with Crippen LogP contribution in [0.15, 0.2) is 24.3 Å². The molecular formula is C20H24N4O2. The number of carbonyl (C=O) groups is 1. The largest absolute Gasteiger partial charge is 0.487 e. The summed E-state index contributed by atoms with van der Waals surface area (Å²) in [6.07, 6.45) is 3.47. The SMILES string of the molecule is Cc1nc2c(c(NCCC(=O)N3CCCC3)n1)Cc1ccccc1OC2. The van der Waals surface area contributed by atoms with Gasteiger partial charge in [0.2, 0.25) is 5.91 Å². The van der Waals surface area contributed by atoms with E-state index in [0.717, 1.165) is 60.7 Å². The van der Waals surface area contributed by atoms with Crippen LogP contribution in [0.1, 0.15) is 41.9 Å². The predicted octanol–water partition coefficient (Wildman–Crippen LogP) is 2.69. The highest BCUT2D eigenvalue weighted by atomic mass is 16.5. The van der Waals surface area contributed by atoms with Crippen molar-refractivity contribution in [3.63, 3.8) is 0 Å². The minimum atomic E-state index is 0.223. The summed E-state index contributed by atoms with van der Waals surface area (Å²) in [7, 11) is 0. The third-order valence-electron chi connectivity index (χ3n) is 5.00. The lowest BCUT2D eigenvalue weighted by Crippen LogP contribution is -2.29. The molecule has 1 N–H and O–H groups in total. The number of nitrogens with zero attached hydrogens (tertiary/aromatic N) is 3. The number of ether oxygens (including phenoxy) is 1. The highest BCUT2D eigenvalue weighted by Gasteiger charge is 2.21. The lowest BCUT2D eigenvalue weighted by Gasteiger charge is -2.17. The molecule has 0 aliphatic carbocycles. The minimum absolute atomic E-state index is 0.223. The standard InChI is InChI=1S/C20H24N4O2/c1-14-22-17-13-26-18-7-3-2-6-15(18)12-16(17)20(23-14)21-9-8-19(25)24-10-4-5-11-24/h2-3,6-7H,4-5,8-13H2,1H3,(H,21,22,23). The van der Waals surface area contributed by atoms with Gasteiger partial charge in [-0.05, 0) is 31.4 Å². The van der Waals surface area contributed by atoms with Crippen LogP contribution < -0.4 is 10.1 Å². The molecule has 4 rings (SSSR count). The van der Waals surface area contributed by atoms with Crippen molar-refractivity contribution in [2.45, 2.75) is 39.2 Å². The third-order valence-corrected chi connectivity index (χ3v) is 5.00. The van der Waals surface area contributed by atoms with E-state index in [1.807, 2.05) is 30.0 Å². The molecule has 1 aromatic heterocycles. The normalized spacial score (nSPS) is 15.7. The van der Waals surface area contributed by atoms with Crippen LogP contribution in [-0.4, -0.2) is 40.4 Å². The highest BCUT2D eigenvalue weighted by molar-refractivity contribution is 5.77. The van der Waals surface area contributed by atoms with E-state index in [1.165, 1.54) is 0 Å². The first kappa shape index (κ1) is 16.8. The zero-order chi connectivity index (χ0) is 17.9. The molecule has 2 aliphatic rings. The van der Waals surface area contributed by atoms with Gasteiger partial charge in [0.1, 0.15) is 24.0 Å². The van der Waals surface area contributed by atoms with Gasteiger partial charge in [0.15, 0.2) is 0 Å². The minimum Gasteiger partial charge on any atom is -0.487 e. The van der Waals surface area contributed by atoms with E-state index in [4.69, 9.17) is 4.74 Å². The molecule has 1 aromatic carbocycles. The van der Waals surface area contributed by atoms with Crippen molar-refractivity contribution >= 4 is 11.7 Å². The number of nitrogens with one attached hydrogen (secondary N) is 1. The topological polar surface area (TPSA) is 67.4 Å². The van der Waals surface area contributed by atoms with Crippen molar-refractivity contribution in [1.82, 2.24) is 14.9 Å². The monoisotopic (exact) mass is 352 g/mol. The van der Waals surface area contributed by atoms with Gasteiger partial charge in [-0.25, -0.2) is 9.97 Å². The fourth-order valence-electron chi connectivity index (χ4n) is 3.64. The van der Waals surface area contributed by atoms with Crippen LogP contribution in [0.5, 0.6) is 5.75 Å². The van der Waals surface area contributed by atoms with E-state index < -0.39 is 0 Å². The van der Waals surface area contributed by atoms with E-state index in [-0.39, 0.29) is 5.91 Å². The lowest BCUT2D eigenvalue weighted by atomic mass is 10.0. The van der Waals surface area contributed by atoms with Gasteiger partial charge in [0.05, 0.1) is 5.69 Å². The number of fused-ring (bicyclic) bond motifs is 2. The van der Waals surface area contributed by atoms with Gasteiger partial charge < -0.3 is 15.0 Å². The molecule has 1 fully saturated rings. The number of hydrogen-bond donors (Lipinski definition) is 1. The number of likely N-dealkylation sites (tertiary alicyclic amines) is 1. The van der Waals surface area contributed by atoms with Gasteiger partial charge in [-0.1, -0.05) is 18.2 Å². The summed E-state index contributed by atoms with van der Waals surface area (Å²) in [6, 6.07) is 8.06. The van der Waals surface area contributed by atoms with Gasteiger partial charge in [0, 0.05) is 38.0 Å².